The van der Waals surface area contributed by atoms with Gasteiger partial charge in [0.25, 0.3) is 5.91 Å². The first-order valence-electron chi connectivity index (χ1n) is 13.7. The summed E-state index contributed by atoms with van der Waals surface area (Å²) < 4.78 is 5.65. The molecule has 2 aromatic carbocycles. The van der Waals surface area contributed by atoms with Gasteiger partial charge in [0, 0.05) is 12.6 Å². The number of carbonyl (C=O) groups is 4. The highest BCUT2D eigenvalue weighted by molar-refractivity contribution is 5.98. The van der Waals surface area contributed by atoms with Gasteiger partial charge in [0.15, 0.2) is 5.69 Å². The van der Waals surface area contributed by atoms with Gasteiger partial charge in [-0.3, -0.25) is 14.4 Å². The summed E-state index contributed by atoms with van der Waals surface area (Å²) in [6, 6.07) is 17.3. The molecule has 220 valence electrons. The largest absolute Gasteiger partial charge is 0.505 e. The third-order valence-electron chi connectivity index (χ3n) is 7.19. The van der Waals surface area contributed by atoms with E-state index in [-0.39, 0.29) is 18.5 Å². The van der Waals surface area contributed by atoms with Crippen LogP contribution >= 0.6 is 0 Å². The lowest BCUT2D eigenvalue weighted by Crippen LogP contribution is -2.60. The second-order valence-corrected chi connectivity index (χ2v) is 10.3. The van der Waals surface area contributed by atoms with Gasteiger partial charge in [-0.05, 0) is 36.6 Å². The van der Waals surface area contributed by atoms with E-state index in [0.29, 0.717) is 0 Å². The number of aromatic hydroxyl groups is 1. The summed E-state index contributed by atoms with van der Waals surface area (Å²) in [7, 11) is 0. The maximum atomic E-state index is 13.7. The number of hydrogen-bond donors (Lipinski definition) is 5. The minimum absolute atomic E-state index is 0.0966. The molecule has 5 N–H and O–H groups in total. The van der Waals surface area contributed by atoms with Crippen LogP contribution in [-0.4, -0.2) is 69.2 Å². The Bertz CT molecular complexity index is 1400. The van der Waals surface area contributed by atoms with E-state index in [4.69, 9.17) is 4.74 Å². The molecule has 42 heavy (non-hydrogen) atoms. The summed E-state index contributed by atoms with van der Waals surface area (Å²) in [5, 5.41) is 29.4. The maximum absolute atomic E-state index is 13.7. The minimum atomic E-state index is -1.43. The third-order valence-corrected chi connectivity index (χ3v) is 7.19. The van der Waals surface area contributed by atoms with Gasteiger partial charge in [-0.25, -0.2) is 9.78 Å². The third kappa shape index (κ3) is 7.49. The Labute approximate surface area is 243 Å². The van der Waals surface area contributed by atoms with Crippen molar-refractivity contribution in [3.05, 3.63) is 95.8 Å². The van der Waals surface area contributed by atoms with E-state index in [9.17, 15) is 29.4 Å². The first-order valence-corrected chi connectivity index (χ1v) is 13.7. The van der Waals surface area contributed by atoms with E-state index in [0.717, 1.165) is 11.1 Å². The van der Waals surface area contributed by atoms with Crippen molar-refractivity contribution in [3.8, 4) is 5.75 Å². The predicted octanol–water partition coefficient (Wildman–Crippen LogP) is 1.28. The molecular weight excluding hydrogens is 540 g/mol. The van der Waals surface area contributed by atoms with Crippen LogP contribution in [0.4, 0.5) is 0 Å². The van der Waals surface area contributed by atoms with Crippen LogP contribution < -0.4 is 16.0 Å². The van der Waals surface area contributed by atoms with Crippen LogP contribution in [0.2, 0.25) is 0 Å². The normalized spacial score (nSPS) is 25.2. The van der Waals surface area contributed by atoms with E-state index in [1.807, 2.05) is 36.4 Å². The van der Waals surface area contributed by atoms with E-state index < -0.39 is 65.7 Å². The lowest BCUT2D eigenvalue weighted by Gasteiger charge is -2.33. The molecule has 11 heteroatoms. The van der Waals surface area contributed by atoms with E-state index in [1.165, 1.54) is 32.2 Å². The van der Waals surface area contributed by atoms with Gasteiger partial charge in [0.05, 0.1) is 18.1 Å². The summed E-state index contributed by atoms with van der Waals surface area (Å²) in [5.41, 5.74) is 1.23. The Morgan fingerprint density at radius 1 is 0.881 bits per heavy atom. The molecule has 3 amide bonds. The van der Waals surface area contributed by atoms with Crippen molar-refractivity contribution in [2.75, 3.05) is 0 Å². The first-order chi connectivity index (χ1) is 20.1. The number of cyclic esters (lactones) is 1. The zero-order valence-electron chi connectivity index (χ0n) is 23.3. The molecular formula is C31H34N4O7. The van der Waals surface area contributed by atoms with Crippen LogP contribution in [0.5, 0.6) is 5.75 Å². The molecule has 4 rings (SSSR count). The first kappa shape index (κ1) is 30.2. The molecule has 1 aromatic heterocycles. The Morgan fingerprint density at radius 3 is 2.12 bits per heavy atom. The lowest BCUT2D eigenvalue weighted by molar-refractivity contribution is -0.156. The highest BCUT2D eigenvalue weighted by atomic mass is 16.5. The fourth-order valence-corrected chi connectivity index (χ4v) is 4.76. The molecule has 3 aromatic rings. The summed E-state index contributed by atoms with van der Waals surface area (Å²) >= 11 is 0. The monoisotopic (exact) mass is 574 g/mol. The Hall–Kier alpha value is -4.77. The van der Waals surface area contributed by atoms with Crippen LogP contribution in [0.25, 0.3) is 0 Å². The van der Waals surface area contributed by atoms with Crippen molar-refractivity contribution in [1.29, 1.82) is 0 Å². The summed E-state index contributed by atoms with van der Waals surface area (Å²) in [5.74, 6) is -4.46. The standard InChI is InChI=1S/C31H34N4O7/c1-18-27(37)22(16-20-10-5-3-6-11-20)33-29(39)25(35-30(40)26-24(36)14-9-15-32-26)19(2)42-31(41)23(34-28(18)38)17-21-12-7-4-8-13-21/h3-15,18-19,22-23,25,27,36-37H,16-17H2,1-2H3,(H,33,39)(H,34,38)(H,35,40). The molecule has 0 radical (unpaired) electrons. The molecule has 6 unspecified atom stereocenters. The number of ether oxygens (including phenoxy) is 1. The SMILES string of the molecule is CC1OC(=O)C(Cc2ccccc2)NC(=O)C(C)C(O)C(Cc2ccccc2)NC(=O)C1NC(=O)c1ncccc1O. The van der Waals surface area contributed by atoms with Crippen molar-refractivity contribution < 1.29 is 34.1 Å². The Kier molecular flexibility index (Phi) is 9.87. The van der Waals surface area contributed by atoms with Gasteiger partial charge < -0.3 is 30.9 Å². The number of aliphatic hydroxyl groups excluding tert-OH is 1. The zero-order valence-corrected chi connectivity index (χ0v) is 23.3. The molecule has 1 fully saturated rings. The maximum Gasteiger partial charge on any atom is 0.329 e. The Morgan fingerprint density at radius 2 is 1.50 bits per heavy atom. The molecule has 1 aliphatic rings. The van der Waals surface area contributed by atoms with Crippen molar-refractivity contribution in [2.24, 2.45) is 5.92 Å². The quantitative estimate of drug-likeness (QED) is 0.275. The topological polar surface area (TPSA) is 167 Å². The molecule has 0 saturated carbocycles. The number of aliphatic hydroxyl groups is 1. The lowest BCUT2D eigenvalue weighted by atomic mass is 9.91. The summed E-state index contributed by atoms with van der Waals surface area (Å²) in [4.78, 5) is 57.3. The summed E-state index contributed by atoms with van der Waals surface area (Å²) in [6.07, 6.45) is -0.986. The minimum Gasteiger partial charge on any atom is -0.505 e. The van der Waals surface area contributed by atoms with Crippen molar-refractivity contribution in [3.63, 3.8) is 0 Å². The van der Waals surface area contributed by atoms with Gasteiger partial charge in [0.1, 0.15) is 23.9 Å². The van der Waals surface area contributed by atoms with Crippen LogP contribution in [0.3, 0.4) is 0 Å². The van der Waals surface area contributed by atoms with Gasteiger partial charge in [-0.15, -0.1) is 0 Å². The van der Waals surface area contributed by atoms with E-state index in [1.54, 1.807) is 24.3 Å². The number of amides is 3. The number of rotatable bonds is 6. The molecule has 6 atom stereocenters. The van der Waals surface area contributed by atoms with E-state index in [2.05, 4.69) is 20.9 Å². The average Bonchev–Trinajstić information content (AvgIpc) is 2.99. The van der Waals surface area contributed by atoms with Crippen molar-refractivity contribution in [2.45, 2.75) is 57.0 Å². The number of carbonyl (C=O) groups excluding carboxylic acids is 4. The number of esters is 1. The molecule has 0 bridgehead atoms. The molecule has 1 saturated heterocycles. The van der Waals surface area contributed by atoms with Gasteiger partial charge in [0.2, 0.25) is 11.8 Å². The van der Waals surface area contributed by atoms with Crippen LogP contribution in [0.1, 0.15) is 35.5 Å². The second-order valence-electron chi connectivity index (χ2n) is 10.3. The molecule has 1 aliphatic heterocycles. The molecule has 0 spiro atoms. The molecule has 2 heterocycles. The number of aromatic nitrogens is 1. The highest BCUT2D eigenvalue weighted by Gasteiger charge is 2.39. The van der Waals surface area contributed by atoms with Crippen molar-refractivity contribution in [1.82, 2.24) is 20.9 Å². The number of pyridine rings is 1. The smallest absolute Gasteiger partial charge is 0.329 e. The fourth-order valence-electron chi connectivity index (χ4n) is 4.76. The number of benzene rings is 2. The Balaban J connectivity index is 1.69. The van der Waals surface area contributed by atoms with Gasteiger partial charge in [-0.2, -0.15) is 0 Å². The van der Waals surface area contributed by atoms with Crippen LogP contribution in [0.15, 0.2) is 79.0 Å². The van der Waals surface area contributed by atoms with Crippen LogP contribution in [-0.2, 0) is 32.0 Å². The highest BCUT2D eigenvalue weighted by Crippen LogP contribution is 2.18. The number of hydrogen-bond acceptors (Lipinski definition) is 8. The van der Waals surface area contributed by atoms with E-state index >= 15 is 0 Å². The number of nitrogens with zero attached hydrogens (tertiary/aromatic N) is 1. The van der Waals surface area contributed by atoms with Crippen LogP contribution in [0, 0.1) is 5.92 Å². The fraction of sp³-hybridized carbons (Fsp3) is 0.323. The summed E-state index contributed by atoms with van der Waals surface area (Å²) in [6.45, 7) is 2.94. The second kappa shape index (κ2) is 13.7. The average molecular weight is 575 g/mol. The zero-order chi connectivity index (χ0) is 30.2. The predicted molar refractivity (Wildman–Crippen MR) is 152 cm³/mol. The molecule has 11 nitrogen and oxygen atoms in total. The molecule has 0 aliphatic carbocycles. The van der Waals surface area contributed by atoms with Crippen molar-refractivity contribution >= 4 is 23.7 Å². The van der Waals surface area contributed by atoms with Gasteiger partial charge in [-0.1, -0.05) is 67.6 Å². The number of nitrogens with one attached hydrogen (secondary N) is 3. The van der Waals surface area contributed by atoms with Gasteiger partial charge >= 0.3 is 5.97 Å².